The second kappa shape index (κ2) is 12.1. The lowest BCUT2D eigenvalue weighted by Crippen LogP contribution is -2.37. The monoisotopic (exact) mass is 577 g/mol. The van der Waals surface area contributed by atoms with Gasteiger partial charge in [0.2, 0.25) is 5.95 Å². The average Bonchev–Trinajstić information content (AvgIpc) is 2.97. The molecule has 1 fully saturated rings. The van der Waals surface area contributed by atoms with E-state index in [1.54, 1.807) is 18.3 Å². The molecule has 3 aromatic carbocycles. The van der Waals surface area contributed by atoms with E-state index in [2.05, 4.69) is 9.72 Å². The van der Waals surface area contributed by atoms with E-state index in [9.17, 15) is 23.1 Å². The number of alkyl halides is 3. The highest BCUT2D eigenvalue weighted by molar-refractivity contribution is 5.71. The first-order chi connectivity index (χ1) is 20.1. The summed E-state index contributed by atoms with van der Waals surface area (Å²) in [7, 11) is 0. The van der Waals surface area contributed by atoms with Crippen LogP contribution in [-0.4, -0.2) is 40.5 Å². The summed E-state index contributed by atoms with van der Waals surface area (Å²) in [6.45, 7) is 5.43. The Morgan fingerprint density at radius 1 is 0.976 bits per heavy atom. The summed E-state index contributed by atoms with van der Waals surface area (Å²) in [4.78, 5) is 22.6. The fourth-order valence-electron chi connectivity index (χ4n) is 4.99. The van der Waals surface area contributed by atoms with Crippen LogP contribution in [0.2, 0.25) is 0 Å². The molecule has 1 saturated heterocycles. The second-order valence-corrected chi connectivity index (χ2v) is 10.3. The Morgan fingerprint density at radius 3 is 2.36 bits per heavy atom. The van der Waals surface area contributed by atoms with Crippen LogP contribution in [0.5, 0.6) is 11.5 Å². The van der Waals surface area contributed by atoms with Crippen molar-refractivity contribution in [2.45, 2.75) is 39.7 Å². The lowest BCUT2D eigenvalue weighted by molar-refractivity contribution is -0.274. The number of hydrogen-bond donors (Lipinski definition) is 1. The SMILES string of the molecule is Cc1ccc(OCc2ccc(-c3ccc(OC(F)(F)F)cc3)cc2C)c(-c2ccnc(N3CCC(C(=O)O)CC3)n2)c1. The highest BCUT2D eigenvalue weighted by Crippen LogP contribution is 2.33. The summed E-state index contributed by atoms with van der Waals surface area (Å²) in [5.74, 6) is -0.131. The standard InChI is InChI=1S/C32H30F3N3O4/c1-20-3-10-29(27(17-20)28-11-14-36-31(37-28)38-15-12-23(13-16-38)30(39)40)41-19-25-5-4-24(18-21(25)2)22-6-8-26(9-7-22)42-32(33,34)35/h3-11,14,17-18,23H,12-13,15-16,19H2,1-2H3,(H,39,40). The minimum Gasteiger partial charge on any atom is -0.488 e. The Hall–Kier alpha value is -4.60. The van der Waals surface area contributed by atoms with Gasteiger partial charge in [-0.15, -0.1) is 13.2 Å². The number of halogens is 3. The zero-order valence-corrected chi connectivity index (χ0v) is 23.2. The number of carboxylic acids is 1. The maximum atomic E-state index is 12.5. The molecule has 218 valence electrons. The van der Waals surface area contributed by atoms with Crippen molar-refractivity contribution in [2.75, 3.05) is 18.0 Å². The first-order valence-electron chi connectivity index (χ1n) is 13.6. The number of aryl methyl sites for hydroxylation is 2. The first kappa shape index (κ1) is 28.9. The molecule has 0 bridgehead atoms. The van der Waals surface area contributed by atoms with Crippen LogP contribution in [0.25, 0.3) is 22.4 Å². The summed E-state index contributed by atoms with van der Waals surface area (Å²) < 4.78 is 47.7. The number of piperidine rings is 1. The Balaban J connectivity index is 1.30. The van der Waals surface area contributed by atoms with E-state index in [0.29, 0.717) is 49.9 Å². The summed E-state index contributed by atoms with van der Waals surface area (Å²) in [6.07, 6.45) is -1.92. The van der Waals surface area contributed by atoms with Gasteiger partial charge < -0.3 is 19.5 Å². The highest BCUT2D eigenvalue weighted by Gasteiger charge is 2.31. The van der Waals surface area contributed by atoms with Gasteiger partial charge in [0.15, 0.2) is 0 Å². The normalized spacial score (nSPS) is 14.1. The van der Waals surface area contributed by atoms with Gasteiger partial charge >= 0.3 is 12.3 Å². The Morgan fingerprint density at radius 2 is 1.69 bits per heavy atom. The molecule has 2 heterocycles. The molecule has 5 rings (SSSR count). The number of carboxylic acid groups (broad SMARTS) is 1. The molecular weight excluding hydrogens is 547 g/mol. The van der Waals surface area contributed by atoms with Crippen molar-refractivity contribution in [1.29, 1.82) is 0 Å². The molecule has 0 saturated carbocycles. The molecule has 0 spiro atoms. The number of benzene rings is 3. The Kier molecular flexibility index (Phi) is 8.33. The molecule has 10 heteroatoms. The van der Waals surface area contributed by atoms with Crippen molar-refractivity contribution in [3.63, 3.8) is 0 Å². The number of carbonyl (C=O) groups is 1. The predicted octanol–water partition coefficient (Wildman–Crippen LogP) is 7.21. The Labute approximate surface area is 241 Å². The third-order valence-electron chi connectivity index (χ3n) is 7.33. The van der Waals surface area contributed by atoms with Crippen molar-refractivity contribution in [3.8, 4) is 33.9 Å². The van der Waals surface area contributed by atoms with E-state index in [0.717, 1.165) is 33.4 Å². The fourth-order valence-corrected chi connectivity index (χ4v) is 4.99. The molecule has 0 aliphatic carbocycles. The van der Waals surface area contributed by atoms with E-state index >= 15 is 0 Å². The van der Waals surface area contributed by atoms with Gasteiger partial charge in [-0.05, 0) is 79.3 Å². The average molecular weight is 578 g/mol. The number of ether oxygens (including phenoxy) is 2. The molecule has 1 N–H and O–H groups in total. The Bertz CT molecular complexity index is 1570. The lowest BCUT2D eigenvalue weighted by Gasteiger charge is -2.30. The highest BCUT2D eigenvalue weighted by atomic mass is 19.4. The van der Waals surface area contributed by atoms with E-state index in [1.165, 1.54) is 12.1 Å². The quantitative estimate of drug-likeness (QED) is 0.237. The van der Waals surface area contributed by atoms with Crippen molar-refractivity contribution in [3.05, 3.63) is 89.6 Å². The smallest absolute Gasteiger partial charge is 0.488 e. The van der Waals surface area contributed by atoms with Crippen LogP contribution in [0, 0.1) is 19.8 Å². The third-order valence-corrected chi connectivity index (χ3v) is 7.33. The maximum absolute atomic E-state index is 12.5. The van der Waals surface area contributed by atoms with Gasteiger partial charge in [-0.25, -0.2) is 9.97 Å². The van der Waals surface area contributed by atoms with Gasteiger partial charge in [-0.2, -0.15) is 0 Å². The van der Waals surface area contributed by atoms with Crippen molar-refractivity contribution in [2.24, 2.45) is 5.92 Å². The first-order valence-corrected chi connectivity index (χ1v) is 13.6. The van der Waals surface area contributed by atoms with Crippen molar-refractivity contribution in [1.82, 2.24) is 9.97 Å². The number of aliphatic carboxylic acids is 1. The van der Waals surface area contributed by atoms with Crippen LogP contribution >= 0.6 is 0 Å². The van der Waals surface area contributed by atoms with Crippen molar-refractivity contribution >= 4 is 11.9 Å². The molecule has 4 aromatic rings. The number of rotatable bonds is 8. The molecule has 0 radical (unpaired) electrons. The van der Waals surface area contributed by atoms with Gasteiger partial charge in [-0.1, -0.05) is 42.0 Å². The largest absolute Gasteiger partial charge is 0.573 e. The summed E-state index contributed by atoms with van der Waals surface area (Å²) >= 11 is 0. The predicted molar refractivity (Wildman–Crippen MR) is 152 cm³/mol. The minimum atomic E-state index is -4.73. The topological polar surface area (TPSA) is 84.8 Å². The third kappa shape index (κ3) is 6.99. The molecule has 0 unspecified atom stereocenters. The van der Waals surface area contributed by atoms with Crippen LogP contribution in [-0.2, 0) is 11.4 Å². The second-order valence-electron chi connectivity index (χ2n) is 10.3. The van der Waals surface area contributed by atoms with Gasteiger partial charge in [0.25, 0.3) is 0 Å². The number of nitrogens with zero attached hydrogens (tertiary/aromatic N) is 3. The number of anilines is 1. The molecule has 1 aromatic heterocycles. The number of hydrogen-bond acceptors (Lipinski definition) is 6. The zero-order valence-electron chi connectivity index (χ0n) is 23.2. The van der Waals surface area contributed by atoms with E-state index in [1.807, 2.05) is 61.2 Å². The molecule has 1 aliphatic rings. The van der Waals surface area contributed by atoms with Gasteiger partial charge in [0, 0.05) is 24.8 Å². The van der Waals surface area contributed by atoms with E-state index in [4.69, 9.17) is 9.72 Å². The van der Waals surface area contributed by atoms with Crippen LogP contribution in [0.1, 0.15) is 29.5 Å². The van der Waals surface area contributed by atoms with Gasteiger partial charge in [0.1, 0.15) is 18.1 Å². The summed E-state index contributed by atoms with van der Waals surface area (Å²) in [5, 5.41) is 9.30. The maximum Gasteiger partial charge on any atom is 0.573 e. The minimum absolute atomic E-state index is 0.263. The van der Waals surface area contributed by atoms with E-state index < -0.39 is 12.3 Å². The summed E-state index contributed by atoms with van der Waals surface area (Å²) in [6, 6.07) is 19.3. The fraction of sp³-hybridized carbons (Fsp3) is 0.281. The molecule has 7 nitrogen and oxygen atoms in total. The molecule has 0 atom stereocenters. The van der Waals surface area contributed by atoms with Gasteiger partial charge in [0.05, 0.1) is 11.6 Å². The van der Waals surface area contributed by atoms with Crippen LogP contribution < -0.4 is 14.4 Å². The zero-order chi connectivity index (χ0) is 29.9. The number of aromatic nitrogens is 2. The molecule has 42 heavy (non-hydrogen) atoms. The molecule has 0 amide bonds. The van der Waals surface area contributed by atoms with Crippen molar-refractivity contribution < 1.29 is 32.5 Å². The van der Waals surface area contributed by atoms with Crippen LogP contribution in [0.4, 0.5) is 19.1 Å². The van der Waals surface area contributed by atoms with Gasteiger partial charge in [-0.3, -0.25) is 4.79 Å². The lowest BCUT2D eigenvalue weighted by atomic mass is 9.97. The molecule has 1 aliphatic heterocycles. The molecular formula is C32H30F3N3O4. The van der Waals surface area contributed by atoms with E-state index in [-0.39, 0.29) is 11.7 Å². The van der Waals surface area contributed by atoms with Crippen LogP contribution in [0.15, 0.2) is 72.9 Å². The van der Waals surface area contributed by atoms with Crippen LogP contribution in [0.3, 0.4) is 0 Å². The summed E-state index contributed by atoms with van der Waals surface area (Å²) in [5.41, 5.74) is 6.17.